The van der Waals surface area contributed by atoms with Crippen molar-refractivity contribution in [3.05, 3.63) is 69.5 Å². The first-order chi connectivity index (χ1) is 14.4. The number of nitrogens with one attached hydrogen (secondary N) is 1. The van der Waals surface area contributed by atoms with Gasteiger partial charge in [0.15, 0.2) is 17.4 Å². The maximum atomic E-state index is 14.7. The highest BCUT2D eigenvalue weighted by atomic mass is 19.1. The molecule has 1 heterocycles. The first kappa shape index (κ1) is 21.2. The Labute approximate surface area is 169 Å². The van der Waals surface area contributed by atoms with Crippen LogP contribution in [-0.2, 0) is 13.1 Å². The molecule has 2 aromatic carbocycles. The second-order valence-electron chi connectivity index (χ2n) is 6.35. The number of hydrogen-bond acceptors (Lipinski definition) is 4. The third-order valence-electron chi connectivity index (χ3n) is 4.62. The standard InChI is InChI=1S/C21H19F3N2O4/c1-29-16-6-4-3-5-12(16)10-25-21(28)14-11-26(8-7-22)18-13(19(14)27)9-15(23)20(30-2)17(18)24/h3-6,9,11H,7-8,10H2,1-2H3,(H,25,28). The van der Waals surface area contributed by atoms with Crippen molar-refractivity contribution in [2.24, 2.45) is 0 Å². The van der Waals surface area contributed by atoms with E-state index in [2.05, 4.69) is 5.32 Å². The van der Waals surface area contributed by atoms with Crippen molar-refractivity contribution in [2.75, 3.05) is 20.9 Å². The molecule has 0 saturated carbocycles. The van der Waals surface area contributed by atoms with Gasteiger partial charge in [-0.1, -0.05) is 18.2 Å². The molecule has 0 radical (unpaired) electrons. The number of benzene rings is 2. The predicted molar refractivity (Wildman–Crippen MR) is 105 cm³/mol. The molecule has 30 heavy (non-hydrogen) atoms. The fourth-order valence-corrected chi connectivity index (χ4v) is 3.21. The SMILES string of the molecule is COc1ccccc1CNC(=O)c1cn(CCF)c2c(F)c(OC)c(F)cc2c1=O. The maximum Gasteiger partial charge on any atom is 0.257 e. The summed E-state index contributed by atoms with van der Waals surface area (Å²) in [5.41, 5.74) is -0.912. The van der Waals surface area contributed by atoms with Crippen molar-refractivity contribution < 1.29 is 27.4 Å². The van der Waals surface area contributed by atoms with Gasteiger partial charge in [-0.25, -0.2) is 13.2 Å². The second-order valence-corrected chi connectivity index (χ2v) is 6.35. The Balaban J connectivity index is 2.06. The van der Waals surface area contributed by atoms with E-state index in [4.69, 9.17) is 9.47 Å². The average molecular weight is 420 g/mol. The van der Waals surface area contributed by atoms with Gasteiger partial charge in [0, 0.05) is 18.3 Å². The number of nitrogens with zero attached hydrogens (tertiary/aromatic N) is 1. The number of carbonyl (C=O) groups is 1. The Hall–Kier alpha value is -3.49. The molecule has 3 aromatic rings. The molecule has 158 valence electrons. The molecule has 0 spiro atoms. The Morgan fingerprint density at radius 1 is 1.17 bits per heavy atom. The molecule has 1 aromatic heterocycles. The zero-order chi connectivity index (χ0) is 21.8. The van der Waals surface area contributed by atoms with Crippen molar-refractivity contribution in [1.29, 1.82) is 0 Å². The number of para-hydroxylation sites is 1. The van der Waals surface area contributed by atoms with Crippen molar-refractivity contribution in [3.8, 4) is 11.5 Å². The first-order valence-corrected chi connectivity index (χ1v) is 8.98. The molecule has 0 atom stereocenters. The number of carbonyl (C=O) groups excluding carboxylic acids is 1. The molecule has 6 nitrogen and oxygen atoms in total. The zero-order valence-corrected chi connectivity index (χ0v) is 16.3. The predicted octanol–water partition coefficient (Wildman–Crippen LogP) is 3.20. The molecule has 1 N–H and O–H groups in total. The third kappa shape index (κ3) is 3.83. The van der Waals surface area contributed by atoms with Crippen LogP contribution in [0, 0.1) is 11.6 Å². The highest BCUT2D eigenvalue weighted by Crippen LogP contribution is 2.28. The molecule has 0 aliphatic heterocycles. The molecular weight excluding hydrogens is 401 g/mol. The van der Waals surface area contributed by atoms with Crippen LogP contribution in [0.15, 0.2) is 41.3 Å². The molecule has 0 aliphatic carbocycles. The highest BCUT2D eigenvalue weighted by Gasteiger charge is 2.22. The van der Waals surface area contributed by atoms with E-state index in [9.17, 15) is 22.8 Å². The van der Waals surface area contributed by atoms with E-state index in [-0.39, 0.29) is 29.6 Å². The summed E-state index contributed by atoms with van der Waals surface area (Å²) in [6.45, 7) is -1.18. The summed E-state index contributed by atoms with van der Waals surface area (Å²) in [5, 5.41) is 2.19. The van der Waals surface area contributed by atoms with Gasteiger partial charge in [0.1, 0.15) is 18.0 Å². The average Bonchev–Trinajstić information content (AvgIpc) is 2.74. The quantitative estimate of drug-likeness (QED) is 0.638. The molecule has 0 bridgehead atoms. The van der Waals surface area contributed by atoms with Gasteiger partial charge in [-0.3, -0.25) is 9.59 Å². The fraction of sp³-hybridized carbons (Fsp3) is 0.238. The number of aromatic nitrogens is 1. The van der Waals surface area contributed by atoms with E-state index in [0.717, 1.165) is 23.9 Å². The largest absolute Gasteiger partial charge is 0.496 e. The minimum absolute atomic E-state index is 0.0504. The van der Waals surface area contributed by atoms with Crippen LogP contribution in [0.25, 0.3) is 10.9 Å². The lowest BCUT2D eigenvalue weighted by Gasteiger charge is -2.15. The van der Waals surface area contributed by atoms with Crippen LogP contribution in [0.1, 0.15) is 15.9 Å². The van der Waals surface area contributed by atoms with E-state index in [1.165, 1.54) is 7.11 Å². The number of methoxy groups -OCH3 is 2. The summed E-state index contributed by atoms with van der Waals surface area (Å²) in [6, 6.07) is 7.75. The van der Waals surface area contributed by atoms with Crippen LogP contribution in [0.2, 0.25) is 0 Å². The van der Waals surface area contributed by atoms with Crippen molar-refractivity contribution in [2.45, 2.75) is 13.1 Å². The van der Waals surface area contributed by atoms with Crippen LogP contribution < -0.4 is 20.2 Å². The van der Waals surface area contributed by atoms with E-state index < -0.39 is 35.4 Å². The van der Waals surface area contributed by atoms with Gasteiger partial charge in [0.2, 0.25) is 5.43 Å². The molecule has 9 heteroatoms. The number of pyridine rings is 1. The number of alkyl halides is 1. The number of fused-ring (bicyclic) bond motifs is 1. The van der Waals surface area contributed by atoms with Crippen LogP contribution >= 0.6 is 0 Å². The number of hydrogen-bond donors (Lipinski definition) is 1. The van der Waals surface area contributed by atoms with Gasteiger partial charge >= 0.3 is 0 Å². The summed E-state index contributed by atoms with van der Waals surface area (Å²) in [6.07, 6.45) is 1.06. The topological polar surface area (TPSA) is 69.6 Å². The normalized spacial score (nSPS) is 10.8. The van der Waals surface area contributed by atoms with Gasteiger partial charge in [-0.05, 0) is 12.1 Å². The summed E-state index contributed by atoms with van der Waals surface area (Å²) in [5.74, 6) is -3.15. The minimum Gasteiger partial charge on any atom is -0.496 e. The van der Waals surface area contributed by atoms with Gasteiger partial charge in [-0.15, -0.1) is 0 Å². The van der Waals surface area contributed by atoms with Crippen LogP contribution in [0.4, 0.5) is 13.2 Å². The smallest absolute Gasteiger partial charge is 0.257 e. The molecule has 0 fully saturated rings. The highest BCUT2D eigenvalue weighted by molar-refractivity contribution is 5.97. The maximum absolute atomic E-state index is 14.7. The van der Waals surface area contributed by atoms with Crippen LogP contribution in [-0.4, -0.2) is 31.4 Å². The van der Waals surface area contributed by atoms with Crippen LogP contribution in [0.5, 0.6) is 11.5 Å². The summed E-state index contributed by atoms with van der Waals surface area (Å²) >= 11 is 0. The monoisotopic (exact) mass is 420 g/mol. The molecule has 0 unspecified atom stereocenters. The lowest BCUT2D eigenvalue weighted by atomic mass is 10.1. The summed E-state index contributed by atoms with van der Waals surface area (Å²) in [7, 11) is 2.56. The Bertz CT molecular complexity index is 1160. The number of aryl methyl sites for hydroxylation is 1. The molecule has 0 aliphatic rings. The zero-order valence-electron chi connectivity index (χ0n) is 16.3. The molecule has 1 amide bonds. The van der Waals surface area contributed by atoms with Gasteiger partial charge < -0.3 is 19.4 Å². The summed E-state index contributed by atoms with van der Waals surface area (Å²) in [4.78, 5) is 25.5. The van der Waals surface area contributed by atoms with Gasteiger partial charge in [0.25, 0.3) is 5.91 Å². The van der Waals surface area contributed by atoms with E-state index in [0.29, 0.717) is 11.3 Å². The minimum atomic E-state index is -1.14. The van der Waals surface area contributed by atoms with Crippen molar-refractivity contribution in [1.82, 2.24) is 9.88 Å². The van der Waals surface area contributed by atoms with Crippen molar-refractivity contribution >= 4 is 16.8 Å². The number of rotatable bonds is 7. The number of ether oxygens (including phenoxy) is 2. The van der Waals surface area contributed by atoms with Gasteiger partial charge in [0.05, 0.1) is 31.7 Å². The Morgan fingerprint density at radius 3 is 2.57 bits per heavy atom. The third-order valence-corrected chi connectivity index (χ3v) is 4.62. The van der Waals surface area contributed by atoms with Crippen LogP contribution in [0.3, 0.4) is 0 Å². The Morgan fingerprint density at radius 2 is 1.90 bits per heavy atom. The first-order valence-electron chi connectivity index (χ1n) is 8.98. The lowest BCUT2D eigenvalue weighted by molar-refractivity contribution is 0.0949. The van der Waals surface area contributed by atoms with E-state index in [1.54, 1.807) is 24.3 Å². The molecule has 3 rings (SSSR count). The molecular formula is C21H19F3N2O4. The van der Waals surface area contributed by atoms with E-state index in [1.807, 2.05) is 0 Å². The number of amides is 1. The molecule has 0 saturated heterocycles. The number of halogens is 3. The summed E-state index contributed by atoms with van der Waals surface area (Å²) < 4.78 is 52.9. The van der Waals surface area contributed by atoms with Crippen molar-refractivity contribution in [3.63, 3.8) is 0 Å². The fourth-order valence-electron chi connectivity index (χ4n) is 3.21. The van der Waals surface area contributed by atoms with E-state index >= 15 is 0 Å². The van der Waals surface area contributed by atoms with Gasteiger partial charge in [-0.2, -0.15) is 0 Å². The second kappa shape index (κ2) is 8.89. The lowest BCUT2D eigenvalue weighted by Crippen LogP contribution is -2.30. The Kier molecular flexibility index (Phi) is 6.29.